The Kier molecular flexibility index (Phi) is 5.15. The van der Waals surface area contributed by atoms with Gasteiger partial charge in [0.25, 0.3) is 0 Å². The van der Waals surface area contributed by atoms with E-state index in [1.807, 2.05) is 0 Å². The average Bonchev–Trinajstić information content (AvgIpc) is 1.85. The van der Waals surface area contributed by atoms with Crippen LogP contribution >= 0.6 is 0 Å². The summed E-state index contributed by atoms with van der Waals surface area (Å²) in [4.78, 5) is 14.3. The van der Waals surface area contributed by atoms with Crippen LogP contribution in [0.3, 0.4) is 0 Å². The van der Waals surface area contributed by atoms with Crippen molar-refractivity contribution in [2.75, 3.05) is 13.2 Å². The Morgan fingerprint density at radius 2 is 2.33 bits per heavy atom. The molecule has 0 saturated heterocycles. The monoisotopic (exact) mass is 132 g/mol. The van der Waals surface area contributed by atoms with E-state index < -0.39 is 0 Å². The van der Waals surface area contributed by atoms with Gasteiger partial charge in [0.2, 0.25) is 0 Å². The highest BCUT2D eigenvalue weighted by molar-refractivity contribution is 5.69. The molecular weight excluding hydrogens is 122 g/mol. The molecule has 0 aliphatic heterocycles. The SMILES string of the molecule is CCOC(=O)CCO[NH]. The molecule has 0 saturated carbocycles. The van der Waals surface area contributed by atoms with Gasteiger partial charge in [-0.2, -0.15) is 0 Å². The predicted octanol–water partition coefficient (Wildman–Crippen LogP) is 0.154. The second-order valence-electron chi connectivity index (χ2n) is 1.40. The average molecular weight is 132 g/mol. The van der Waals surface area contributed by atoms with E-state index in [1.165, 1.54) is 0 Å². The summed E-state index contributed by atoms with van der Waals surface area (Å²) in [5, 5.41) is 0. The van der Waals surface area contributed by atoms with Gasteiger partial charge in [0.1, 0.15) is 0 Å². The molecule has 4 heteroatoms. The van der Waals surface area contributed by atoms with Crippen LogP contribution in [0.25, 0.3) is 0 Å². The van der Waals surface area contributed by atoms with Gasteiger partial charge in [0, 0.05) is 0 Å². The highest BCUT2D eigenvalue weighted by Crippen LogP contribution is 1.84. The van der Waals surface area contributed by atoms with Crippen LogP contribution in [0.15, 0.2) is 0 Å². The zero-order valence-corrected chi connectivity index (χ0v) is 5.35. The molecule has 0 aliphatic carbocycles. The van der Waals surface area contributed by atoms with E-state index in [4.69, 9.17) is 5.90 Å². The van der Waals surface area contributed by atoms with Crippen LogP contribution in [0.2, 0.25) is 0 Å². The normalized spacial score (nSPS) is 9.11. The molecule has 0 fully saturated rings. The summed E-state index contributed by atoms with van der Waals surface area (Å²) in [5.41, 5.74) is 0. The number of carbonyl (C=O) groups excluding carboxylic acids is 1. The highest BCUT2D eigenvalue weighted by Gasteiger charge is 1.98. The van der Waals surface area contributed by atoms with Crippen molar-refractivity contribution in [1.29, 1.82) is 0 Å². The largest absolute Gasteiger partial charge is 0.466 e. The lowest BCUT2D eigenvalue weighted by molar-refractivity contribution is -0.144. The number of ether oxygens (including phenoxy) is 1. The molecule has 9 heavy (non-hydrogen) atoms. The third-order valence-electron chi connectivity index (χ3n) is 0.714. The fourth-order valence-electron chi connectivity index (χ4n) is 0.368. The van der Waals surface area contributed by atoms with Crippen LogP contribution in [0.4, 0.5) is 0 Å². The van der Waals surface area contributed by atoms with Gasteiger partial charge in [-0.3, -0.25) is 9.63 Å². The minimum Gasteiger partial charge on any atom is -0.466 e. The predicted molar refractivity (Wildman–Crippen MR) is 30.3 cm³/mol. The molecule has 0 unspecified atom stereocenters. The third-order valence-corrected chi connectivity index (χ3v) is 0.714. The Bertz CT molecular complexity index is 84.3. The maximum Gasteiger partial charge on any atom is 0.308 e. The Balaban J connectivity index is 3.06. The van der Waals surface area contributed by atoms with Crippen molar-refractivity contribution in [1.82, 2.24) is 5.90 Å². The summed E-state index contributed by atoms with van der Waals surface area (Å²) in [7, 11) is 0. The molecule has 0 rings (SSSR count). The van der Waals surface area contributed by atoms with Crippen molar-refractivity contribution in [3.63, 3.8) is 0 Å². The summed E-state index contributed by atoms with van der Waals surface area (Å²) in [6.07, 6.45) is 0.164. The minimum atomic E-state index is -0.315. The zero-order chi connectivity index (χ0) is 7.11. The second kappa shape index (κ2) is 5.53. The molecule has 0 bridgehead atoms. The molecule has 0 heterocycles. The first-order valence-electron chi connectivity index (χ1n) is 2.75. The molecule has 0 aliphatic rings. The molecule has 0 aromatic rings. The summed E-state index contributed by atoms with van der Waals surface area (Å²) >= 11 is 0. The van der Waals surface area contributed by atoms with Crippen molar-refractivity contribution < 1.29 is 14.4 Å². The Labute approximate surface area is 53.9 Å². The zero-order valence-electron chi connectivity index (χ0n) is 5.35. The Hall–Kier alpha value is -0.610. The molecule has 4 nitrogen and oxygen atoms in total. The van der Waals surface area contributed by atoms with Gasteiger partial charge in [0.15, 0.2) is 0 Å². The lowest BCUT2D eigenvalue weighted by Crippen LogP contribution is -2.07. The fraction of sp³-hybridized carbons (Fsp3) is 0.800. The summed E-state index contributed by atoms with van der Waals surface area (Å²) in [6.45, 7) is 2.23. The van der Waals surface area contributed by atoms with Gasteiger partial charge in [-0.25, -0.2) is 0 Å². The van der Waals surface area contributed by atoms with Crippen LogP contribution in [-0.4, -0.2) is 19.2 Å². The van der Waals surface area contributed by atoms with E-state index in [2.05, 4.69) is 9.57 Å². The number of hydrogen-bond acceptors (Lipinski definition) is 3. The maximum absolute atomic E-state index is 10.4. The topological polar surface area (TPSA) is 59.3 Å². The van der Waals surface area contributed by atoms with Gasteiger partial charge < -0.3 is 4.74 Å². The first-order chi connectivity index (χ1) is 4.31. The number of esters is 1. The first-order valence-corrected chi connectivity index (χ1v) is 2.75. The van der Waals surface area contributed by atoms with E-state index in [-0.39, 0.29) is 19.0 Å². The quantitative estimate of drug-likeness (QED) is 0.404. The van der Waals surface area contributed by atoms with Gasteiger partial charge >= 0.3 is 5.97 Å². The van der Waals surface area contributed by atoms with Crippen molar-refractivity contribution in [2.45, 2.75) is 13.3 Å². The van der Waals surface area contributed by atoms with E-state index in [0.29, 0.717) is 6.61 Å². The summed E-state index contributed by atoms with van der Waals surface area (Å²) < 4.78 is 4.54. The van der Waals surface area contributed by atoms with E-state index in [9.17, 15) is 4.79 Å². The van der Waals surface area contributed by atoms with Gasteiger partial charge in [-0.15, -0.1) is 5.90 Å². The van der Waals surface area contributed by atoms with Crippen molar-refractivity contribution in [3.05, 3.63) is 0 Å². The molecule has 0 spiro atoms. The van der Waals surface area contributed by atoms with E-state index in [0.717, 1.165) is 0 Å². The standard InChI is InChI=1S/C5H10NO3/c1-2-8-5(7)3-4-9-6/h6H,2-4H2,1H3. The first kappa shape index (κ1) is 8.39. The van der Waals surface area contributed by atoms with Crippen LogP contribution in [-0.2, 0) is 14.4 Å². The fourth-order valence-corrected chi connectivity index (χ4v) is 0.368. The van der Waals surface area contributed by atoms with E-state index >= 15 is 0 Å². The maximum atomic E-state index is 10.4. The number of carbonyl (C=O) groups is 1. The van der Waals surface area contributed by atoms with Crippen molar-refractivity contribution >= 4 is 5.97 Å². The molecule has 0 aromatic carbocycles. The van der Waals surface area contributed by atoms with Crippen LogP contribution in [0, 0.1) is 0 Å². The van der Waals surface area contributed by atoms with Crippen LogP contribution in [0.1, 0.15) is 13.3 Å². The summed E-state index contributed by atoms with van der Waals surface area (Å²) in [6, 6.07) is 0. The van der Waals surface area contributed by atoms with Crippen molar-refractivity contribution in [2.24, 2.45) is 0 Å². The van der Waals surface area contributed by atoms with Gasteiger partial charge in [-0.05, 0) is 6.92 Å². The van der Waals surface area contributed by atoms with Gasteiger partial charge in [0.05, 0.1) is 19.6 Å². The number of nitrogens with one attached hydrogen (secondary N) is 1. The number of hydrogen-bond donors (Lipinski definition) is 0. The van der Waals surface area contributed by atoms with Crippen LogP contribution < -0.4 is 5.90 Å². The lowest BCUT2D eigenvalue weighted by atomic mass is 10.5. The van der Waals surface area contributed by atoms with E-state index in [1.54, 1.807) is 6.92 Å². The molecule has 0 aromatic heterocycles. The molecular formula is C5H10NO3. The minimum absolute atomic E-state index is 0.110. The smallest absolute Gasteiger partial charge is 0.308 e. The molecule has 1 radical (unpaired) electrons. The lowest BCUT2D eigenvalue weighted by Gasteiger charge is -1.97. The molecule has 53 valence electrons. The highest BCUT2D eigenvalue weighted by atomic mass is 16.6. The van der Waals surface area contributed by atoms with Crippen molar-refractivity contribution in [3.8, 4) is 0 Å². The number of rotatable bonds is 4. The second-order valence-corrected chi connectivity index (χ2v) is 1.40. The Morgan fingerprint density at radius 3 is 2.78 bits per heavy atom. The molecule has 1 N–H and O–H groups in total. The Morgan fingerprint density at radius 1 is 1.67 bits per heavy atom. The van der Waals surface area contributed by atoms with Gasteiger partial charge in [-0.1, -0.05) is 0 Å². The third kappa shape index (κ3) is 5.26. The molecule has 0 amide bonds. The van der Waals surface area contributed by atoms with Crippen LogP contribution in [0.5, 0.6) is 0 Å². The molecule has 0 atom stereocenters. The summed E-state index contributed by atoms with van der Waals surface area (Å²) in [5.74, 6) is 5.91.